The molecule has 0 spiro atoms. The second-order valence-electron chi connectivity index (χ2n) is 4.61. The lowest BCUT2D eigenvalue weighted by molar-refractivity contribution is -0.308. The van der Waals surface area contributed by atoms with E-state index in [4.69, 9.17) is 0 Å². The SMILES string of the molecule is CCN(CCC(C)C)C(=O)OC(C(F)(F)F)C(F)(F)F. The van der Waals surface area contributed by atoms with Gasteiger partial charge in [0.05, 0.1) is 0 Å². The van der Waals surface area contributed by atoms with Gasteiger partial charge in [0.25, 0.3) is 6.10 Å². The van der Waals surface area contributed by atoms with Gasteiger partial charge < -0.3 is 9.64 Å². The Morgan fingerprint density at radius 2 is 1.55 bits per heavy atom. The third kappa shape index (κ3) is 6.33. The molecule has 0 aromatic carbocycles. The Morgan fingerprint density at radius 1 is 1.10 bits per heavy atom. The first-order valence-electron chi connectivity index (χ1n) is 5.98. The van der Waals surface area contributed by atoms with Crippen molar-refractivity contribution < 1.29 is 35.9 Å². The molecule has 0 aromatic heterocycles. The molecule has 0 rings (SSSR count). The molecule has 9 heteroatoms. The molecule has 0 heterocycles. The summed E-state index contributed by atoms with van der Waals surface area (Å²) in [7, 11) is 0. The van der Waals surface area contributed by atoms with E-state index in [9.17, 15) is 31.1 Å². The topological polar surface area (TPSA) is 29.5 Å². The lowest BCUT2D eigenvalue weighted by Gasteiger charge is -2.27. The minimum absolute atomic E-state index is 0.0337. The minimum atomic E-state index is -5.69. The molecule has 0 fully saturated rings. The molecule has 0 atom stereocenters. The van der Waals surface area contributed by atoms with E-state index >= 15 is 0 Å². The molecule has 0 unspecified atom stereocenters. The summed E-state index contributed by atoms with van der Waals surface area (Å²) >= 11 is 0. The molecule has 0 aliphatic rings. The van der Waals surface area contributed by atoms with Gasteiger partial charge >= 0.3 is 18.4 Å². The molecule has 0 saturated carbocycles. The average Bonchev–Trinajstić information content (AvgIpc) is 2.23. The van der Waals surface area contributed by atoms with E-state index in [2.05, 4.69) is 4.74 Å². The summed E-state index contributed by atoms with van der Waals surface area (Å²) in [6.45, 7) is 5.07. The summed E-state index contributed by atoms with van der Waals surface area (Å²) in [5, 5.41) is 0. The van der Waals surface area contributed by atoms with Gasteiger partial charge in [-0.05, 0) is 19.3 Å². The second kappa shape index (κ2) is 7.03. The van der Waals surface area contributed by atoms with Gasteiger partial charge in [0.15, 0.2) is 0 Å². The maximum Gasteiger partial charge on any atom is 0.434 e. The van der Waals surface area contributed by atoms with Crippen molar-refractivity contribution in [3.8, 4) is 0 Å². The van der Waals surface area contributed by atoms with Crippen LogP contribution < -0.4 is 0 Å². The predicted molar refractivity (Wildman–Crippen MR) is 59.1 cm³/mol. The summed E-state index contributed by atoms with van der Waals surface area (Å²) in [6.07, 6.45) is -16.6. The summed E-state index contributed by atoms with van der Waals surface area (Å²) in [5.74, 6) is 0.151. The van der Waals surface area contributed by atoms with E-state index < -0.39 is 24.5 Å². The molecular weight excluding hydrogens is 292 g/mol. The molecule has 1 amide bonds. The van der Waals surface area contributed by atoms with Crippen LogP contribution in [-0.4, -0.2) is 42.5 Å². The number of carbonyl (C=O) groups is 1. The van der Waals surface area contributed by atoms with Crippen LogP contribution in [0.15, 0.2) is 0 Å². The summed E-state index contributed by atoms with van der Waals surface area (Å²) < 4.78 is 77.1. The molecule has 3 nitrogen and oxygen atoms in total. The predicted octanol–water partition coefficient (Wildman–Crippen LogP) is 3.98. The monoisotopic (exact) mass is 309 g/mol. The van der Waals surface area contributed by atoms with Crippen molar-refractivity contribution in [2.75, 3.05) is 13.1 Å². The normalized spacial score (nSPS) is 12.9. The molecule has 0 aliphatic heterocycles. The number of carbonyl (C=O) groups excluding carboxylic acids is 1. The third-order valence-electron chi connectivity index (χ3n) is 2.43. The average molecular weight is 309 g/mol. The number of alkyl halides is 6. The highest BCUT2D eigenvalue weighted by Crippen LogP contribution is 2.36. The van der Waals surface area contributed by atoms with E-state index in [1.54, 1.807) is 0 Å². The van der Waals surface area contributed by atoms with Crippen LogP contribution in [0.1, 0.15) is 27.2 Å². The minimum Gasteiger partial charge on any atom is -0.426 e. The van der Waals surface area contributed by atoms with Crippen LogP contribution in [0.3, 0.4) is 0 Å². The summed E-state index contributed by atoms with van der Waals surface area (Å²) in [5.41, 5.74) is 0. The van der Waals surface area contributed by atoms with Gasteiger partial charge in [-0.2, -0.15) is 26.3 Å². The van der Waals surface area contributed by atoms with Crippen molar-refractivity contribution in [3.63, 3.8) is 0 Å². The summed E-state index contributed by atoms with van der Waals surface area (Å²) in [4.78, 5) is 12.2. The van der Waals surface area contributed by atoms with Gasteiger partial charge in [0.2, 0.25) is 0 Å². The van der Waals surface area contributed by atoms with E-state index in [0.29, 0.717) is 6.42 Å². The fourth-order valence-electron chi connectivity index (χ4n) is 1.29. The first-order valence-corrected chi connectivity index (χ1v) is 5.98. The highest BCUT2D eigenvalue weighted by atomic mass is 19.4. The van der Waals surface area contributed by atoms with Gasteiger partial charge in [-0.1, -0.05) is 13.8 Å². The Kier molecular flexibility index (Phi) is 6.63. The Morgan fingerprint density at radius 3 is 1.85 bits per heavy atom. The van der Waals surface area contributed by atoms with Crippen molar-refractivity contribution in [3.05, 3.63) is 0 Å². The van der Waals surface area contributed by atoms with E-state index in [0.717, 1.165) is 4.90 Å². The van der Waals surface area contributed by atoms with Gasteiger partial charge in [0, 0.05) is 13.1 Å². The fraction of sp³-hybridized carbons (Fsp3) is 0.909. The van der Waals surface area contributed by atoms with Crippen molar-refractivity contribution in [2.45, 2.75) is 45.6 Å². The first-order chi connectivity index (χ1) is 8.89. The second-order valence-corrected chi connectivity index (χ2v) is 4.61. The zero-order chi connectivity index (χ0) is 16.1. The lowest BCUT2D eigenvalue weighted by Crippen LogP contribution is -2.48. The van der Waals surface area contributed by atoms with E-state index in [1.807, 2.05) is 13.8 Å². The standard InChI is InChI=1S/C11H17F6NO2/c1-4-18(6-5-7(2)3)9(19)20-8(10(12,13)14)11(15,16)17/h7-8H,4-6H2,1-3H3. The maximum absolute atomic E-state index is 12.2. The van der Waals surface area contributed by atoms with Crippen LogP contribution in [-0.2, 0) is 4.74 Å². The Bertz CT molecular complexity index is 299. The van der Waals surface area contributed by atoms with Crippen LogP contribution in [0.5, 0.6) is 0 Å². The van der Waals surface area contributed by atoms with Crippen molar-refractivity contribution >= 4 is 6.09 Å². The van der Waals surface area contributed by atoms with Gasteiger partial charge in [-0.15, -0.1) is 0 Å². The molecule has 0 N–H and O–H groups in total. The molecule has 120 valence electrons. The number of halogens is 6. The molecule has 0 bridgehead atoms. The Balaban J connectivity index is 4.82. The van der Waals surface area contributed by atoms with Crippen molar-refractivity contribution in [1.82, 2.24) is 4.90 Å². The highest BCUT2D eigenvalue weighted by molar-refractivity contribution is 5.67. The molecular formula is C11H17F6NO2. The zero-order valence-electron chi connectivity index (χ0n) is 11.3. The zero-order valence-corrected chi connectivity index (χ0v) is 11.3. The molecule has 20 heavy (non-hydrogen) atoms. The van der Waals surface area contributed by atoms with Gasteiger partial charge in [-0.3, -0.25) is 0 Å². The lowest BCUT2D eigenvalue weighted by atomic mass is 10.1. The van der Waals surface area contributed by atoms with Crippen molar-refractivity contribution in [1.29, 1.82) is 0 Å². The van der Waals surface area contributed by atoms with Gasteiger partial charge in [-0.25, -0.2) is 4.79 Å². The van der Waals surface area contributed by atoms with Crippen LogP contribution in [0.4, 0.5) is 31.1 Å². The van der Waals surface area contributed by atoms with Crippen LogP contribution in [0.2, 0.25) is 0 Å². The van der Waals surface area contributed by atoms with E-state index in [1.165, 1.54) is 6.92 Å². The number of amides is 1. The number of hydrogen-bond donors (Lipinski definition) is 0. The number of ether oxygens (including phenoxy) is 1. The first kappa shape index (κ1) is 18.9. The molecule has 0 aromatic rings. The fourth-order valence-corrected chi connectivity index (χ4v) is 1.29. The highest BCUT2D eigenvalue weighted by Gasteiger charge is 2.60. The number of rotatable bonds is 5. The van der Waals surface area contributed by atoms with Crippen LogP contribution in [0.25, 0.3) is 0 Å². The van der Waals surface area contributed by atoms with Crippen LogP contribution >= 0.6 is 0 Å². The Hall–Kier alpha value is -1.15. The smallest absolute Gasteiger partial charge is 0.426 e. The van der Waals surface area contributed by atoms with Crippen LogP contribution in [0, 0.1) is 5.92 Å². The largest absolute Gasteiger partial charge is 0.434 e. The van der Waals surface area contributed by atoms with Crippen molar-refractivity contribution in [2.24, 2.45) is 5.92 Å². The quantitative estimate of drug-likeness (QED) is 0.719. The Labute approximate surface area is 112 Å². The van der Waals surface area contributed by atoms with E-state index in [-0.39, 0.29) is 19.0 Å². The molecule has 0 saturated heterocycles. The molecule has 0 aliphatic carbocycles. The molecule has 0 radical (unpaired) electrons. The third-order valence-corrected chi connectivity index (χ3v) is 2.43. The van der Waals surface area contributed by atoms with Gasteiger partial charge in [0.1, 0.15) is 0 Å². The maximum atomic E-state index is 12.2. The summed E-state index contributed by atoms with van der Waals surface area (Å²) in [6, 6.07) is 0. The number of nitrogens with zero attached hydrogens (tertiary/aromatic N) is 1. The number of hydrogen-bond acceptors (Lipinski definition) is 2.